The Labute approximate surface area is 114 Å². The zero-order valence-electron chi connectivity index (χ0n) is 12.3. The largest absolute Gasteiger partial charge is 0.349 e. The number of hydrogen-bond donors (Lipinski definition) is 2. The highest BCUT2D eigenvalue weighted by atomic mass is 19.1. The minimum absolute atomic E-state index is 0.184. The standard InChI is InChI=1S/C15H23FN2O/c1-10(11-8-6-7-9-12(11)16)18-13(19)14(2,3)15(4,5)17/h6-10H,17H2,1-5H3,(H,18,19). The molecule has 0 heterocycles. The summed E-state index contributed by atoms with van der Waals surface area (Å²) in [5.74, 6) is -0.504. The summed E-state index contributed by atoms with van der Waals surface area (Å²) in [5, 5.41) is 2.82. The molecule has 3 N–H and O–H groups in total. The molecule has 0 aromatic heterocycles. The summed E-state index contributed by atoms with van der Waals surface area (Å²) >= 11 is 0. The molecule has 1 amide bonds. The average molecular weight is 266 g/mol. The number of hydrogen-bond acceptors (Lipinski definition) is 2. The third-order valence-electron chi connectivity index (χ3n) is 3.90. The van der Waals surface area contributed by atoms with Crippen LogP contribution in [0.2, 0.25) is 0 Å². The zero-order chi connectivity index (χ0) is 14.8. The second-order valence-corrected chi connectivity index (χ2v) is 6.06. The van der Waals surface area contributed by atoms with Crippen LogP contribution in [0.4, 0.5) is 4.39 Å². The van der Waals surface area contributed by atoms with Gasteiger partial charge in [-0.2, -0.15) is 0 Å². The van der Waals surface area contributed by atoms with Crippen molar-refractivity contribution in [1.82, 2.24) is 5.32 Å². The van der Waals surface area contributed by atoms with Crippen LogP contribution in [-0.4, -0.2) is 11.4 Å². The fourth-order valence-electron chi connectivity index (χ4n) is 1.57. The molecule has 0 saturated heterocycles. The maximum atomic E-state index is 13.6. The van der Waals surface area contributed by atoms with Gasteiger partial charge in [-0.15, -0.1) is 0 Å². The molecule has 1 aromatic carbocycles. The van der Waals surface area contributed by atoms with E-state index >= 15 is 0 Å². The van der Waals surface area contributed by atoms with Gasteiger partial charge in [-0.05, 0) is 40.7 Å². The minimum Gasteiger partial charge on any atom is -0.349 e. The van der Waals surface area contributed by atoms with Gasteiger partial charge in [-0.3, -0.25) is 4.79 Å². The molecule has 1 aromatic rings. The first-order chi connectivity index (χ1) is 8.57. The molecule has 4 heteroatoms. The van der Waals surface area contributed by atoms with E-state index in [0.717, 1.165) is 0 Å². The smallest absolute Gasteiger partial charge is 0.227 e. The van der Waals surface area contributed by atoms with E-state index in [1.54, 1.807) is 52.8 Å². The molecule has 0 bridgehead atoms. The molecule has 3 nitrogen and oxygen atoms in total. The summed E-state index contributed by atoms with van der Waals surface area (Å²) in [6.45, 7) is 8.95. The molecule has 1 unspecified atom stereocenters. The van der Waals surface area contributed by atoms with Gasteiger partial charge in [0.1, 0.15) is 5.82 Å². The van der Waals surface area contributed by atoms with Crippen LogP contribution in [0.25, 0.3) is 0 Å². The number of rotatable bonds is 4. The molecule has 0 aliphatic carbocycles. The normalized spacial score (nSPS) is 14.1. The van der Waals surface area contributed by atoms with Gasteiger partial charge in [0.15, 0.2) is 0 Å². The van der Waals surface area contributed by atoms with Crippen LogP contribution < -0.4 is 11.1 Å². The Kier molecular flexibility index (Phi) is 4.35. The van der Waals surface area contributed by atoms with Crippen molar-refractivity contribution in [3.05, 3.63) is 35.6 Å². The minimum atomic E-state index is -0.744. The van der Waals surface area contributed by atoms with Crippen LogP contribution in [0.5, 0.6) is 0 Å². The first-order valence-corrected chi connectivity index (χ1v) is 6.41. The SMILES string of the molecule is CC(NC(=O)C(C)(C)C(C)(C)N)c1ccccc1F. The Morgan fingerprint density at radius 1 is 1.26 bits per heavy atom. The first-order valence-electron chi connectivity index (χ1n) is 6.41. The van der Waals surface area contributed by atoms with Gasteiger partial charge >= 0.3 is 0 Å². The number of carbonyl (C=O) groups is 1. The van der Waals surface area contributed by atoms with E-state index in [4.69, 9.17) is 5.73 Å². The summed E-state index contributed by atoms with van der Waals surface area (Å²) in [5.41, 5.74) is 5.09. The van der Waals surface area contributed by atoms with Crippen molar-refractivity contribution in [2.75, 3.05) is 0 Å². The zero-order valence-corrected chi connectivity index (χ0v) is 12.3. The van der Waals surface area contributed by atoms with E-state index in [1.165, 1.54) is 6.07 Å². The molecule has 0 radical (unpaired) electrons. The van der Waals surface area contributed by atoms with Gasteiger partial charge in [-0.1, -0.05) is 18.2 Å². The fourth-order valence-corrected chi connectivity index (χ4v) is 1.57. The maximum absolute atomic E-state index is 13.6. The highest BCUT2D eigenvalue weighted by Gasteiger charge is 2.40. The second kappa shape index (κ2) is 5.29. The topological polar surface area (TPSA) is 55.1 Å². The summed E-state index contributed by atoms with van der Waals surface area (Å²) in [4.78, 5) is 12.3. The Hall–Kier alpha value is -1.42. The van der Waals surface area contributed by atoms with Gasteiger partial charge < -0.3 is 11.1 Å². The number of amides is 1. The Balaban J connectivity index is 2.87. The summed E-state index contributed by atoms with van der Waals surface area (Å²) in [6.07, 6.45) is 0. The second-order valence-electron chi connectivity index (χ2n) is 6.06. The lowest BCUT2D eigenvalue weighted by molar-refractivity contribution is -0.132. The third kappa shape index (κ3) is 3.32. The summed E-state index contributed by atoms with van der Waals surface area (Å²) in [6, 6.07) is 6.03. The molecule has 1 rings (SSSR count). The van der Waals surface area contributed by atoms with E-state index in [-0.39, 0.29) is 11.7 Å². The number of halogens is 1. The highest BCUT2D eigenvalue weighted by molar-refractivity contribution is 5.83. The van der Waals surface area contributed by atoms with Crippen molar-refractivity contribution < 1.29 is 9.18 Å². The molecule has 0 fully saturated rings. The van der Waals surface area contributed by atoms with Crippen LogP contribution in [-0.2, 0) is 4.79 Å². The molecule has 1 atom stereocenters. The molecule has 0 aliphatic rings. The van der Waals surface area contributed by atoms with E-state index in [9.17, 15) is 9.18 Å². The average Bonchev–Trinajstić information content (AvgIpc) is 2.27. The van der Waals surface area contributed by atoms with E-state index in [0.29, 0.717) is 5.56 Å². The van der Waals surface area contributed by atoms with Crippen LogP contribution in [0.3, 0.4) is 0 Å². The lowest BCUT2D eigenvalue weighted by Crippen LogP contribution is -2.55. The van der Waals surface area contributed by atoms with Crippen LogP contribution in [0.15, 0.2) is 24.3 Å². The Morgan fingerprint density at radius 2 is 1.79 bits per heavy atom. The van der Waals surface area contributed by atoms with Gasteiger partial charge in [0.2, 0.25) is 5.91 Å². The number of nitrogens with two attached hydrogens (primary N) is 1. The predicted molar refractivity (Wildman–Crippen MR) is 75.0 cm³/mol. The van der Waals surface area contributed by atoms with Gasteiger partial charge in [0, 0.05) is 11.1 Å². The third-order valence-corrected chi connectivity index (χ3v) is 3.90. The lowest BCUT2D eigenvalue weighted by atomic mass is 9.74. The monoisotopic (exact) mass is 266 g/mol. The summed E-state index contributed by atoms with van der Waals surface area (Å²) in [7, 11) is 0. The first kappa shape index (κ1) is 15.6. The van der Waals surface area contributed by atoms with Crippen molar-refractivity contribution in [2.24, 2.45) is 11.1 Å². The van der Waals surface area contributed by atoms with Crippen molar-refractivity contribution in [3.8, 4) is 0 Å². The molecule has 0 spiro atoms. The van der Waals surface area contributed by atoms with Crippen LogP contribution in [0, 0.1) is 11.2 Å². The van der Waals surface area contributed by atoms with Gasteiger partial charge in [0.05, 0.1) is 11.5 Å². The molecular formula is C15H23FN2O. The molecule has 19 heavy (non-hydrogen) atoms. The van der Waals surface area contributed by atoms with Gasteiger partial charge in [0.25, 0.3) is 0 Å². The van der Waals surface area contributed by atoms with Crippen molar-refractivity contribution in [3.63, 3.8) is 0 Å². The van der Waals surface area contributed by atoms with Crippen LogP contribution >= 0.6 is 0 Å². The van der Waals surface area contributed by atoms with E-state index < -0.39 is 17.0 Å². The molecule has 0 aliphatic heterocycles. The number of nitrogens with one attached hydrogen (secondary N) is 1. The Bertz CT molecular complexity index is 463. The maximum Gasteiger partial charge on any atom is 0.227 e. The summed E-state index contributed by atoms with van der Waals surface area (Å²) < 4.78 is 13.6. The van der Waals surface area contributed by atoms with Crippen molar-refractivity contribution >= 4 is 5.91 Å². The molecule has 0 saturated carbocycles. The van der Waals surface area contributed by atoms with E-state index in [1.807, 2.05) is 0 Å². The fraction of sp³-hybridized carbons (Fsp3) is 0.533. The quantitative estimate of drug-likeness (QED) is 0.880. The lowest BCUT2D eigenvalue weighted by Gasteiger charge is -2.37. The van der Waals surface area contributed by atoms with Gasteiger partial charge in [-0.25, -0.2) is 4.39 Å². The number of benzene rings is 1. The van der Waals surface area contributed by atoms with Crippen LogP contribution in [0.1, 0.15) is 46.2 Å². The molecule has 106 valence electrons. The van der Waals surface area contributed by atoms with Crippen molar-refractivity contribution in [1.29, 1.82) is 0 Å². The van der Waals surface area contributed by atoms with Crippen molar-refractivity contribution in [2.45, 2.75) is 46.2 Å². The number of carbonyl (C=O) groups excluding carboxylic acids is 1. The Morgan fingerprint density at radius 3 is 2.26 bits per heavy atom. The highest BCUT2D eigenvalue weighted by Crippen LogP contribution is 2.29. The molecular weight excluding hydrogens is 243 g/mol. The van der Waals surface area contributed by atoms with E-state index in [2.05, 4.69) is 5.32 Å². The predicted octanol–water partition coefficient (Wildman–Crippen LogP) is 2.77.